The Balaban J connectivity index is 2.17. The molecule has 108 valence electrons. The van der Waals surface area contributed by atoms with Gasteiger partial charge in [-0.2, -0.15) is 4.68 Å². The summed E-state index contributed by atoms with van der Waals surface area (Å²) >= 11 is 9.73. The van der Waals surface area contributed by atoms with Gasteiger partial charge in [0.15, 0.2) is 5.82 Å². The molecule has 0 atom stereocenters. The molecule has 21 heavy (non-hydrogen) atoms. The van der Waals surface area contributed by atoms with Gasteiger partial charge in [0.05, 0.1) is 12.0 Å². The lowest BCUT2D eigenvalue weighted by atomic mass is 10.3. The largest absolute Gasteiger partial charge is 0.494 e. The highest BCUT2D eigenvalue weighted by Gasteiger charge is 2.15. The normalized spacial score (nSPS) is 10.8. The summed E-state index contributed by atoms with van der Waals surface area (Å²) in [5, 5.41) is 6.81. The molecule has 5 nitrogen and oxygen atoms in total. The number of nitrogens with zero attached hydrogens (tertiary/aromatic N) is 2. The van der Waals surface area contributed by atoms with Crippen LogP contribution in [-0.4, -0.2) is 21.9 Å². The number of halogens is 2. The highest BCUT2D eigenvalue weighted by atomic mass is 127. The molecule has 0 aliphatic carbocycles. The number of H-pyrrole nitrogens is 1. The van der Waals surface area contributed by atoms with Gasteiger partial charge in [0.25, 0.3) is 0 Å². The second kappa shape index (κ2) is 5.82. The van der Waals surface area contributed by atoms with Gasteiger partial charge >= 0.3 is 5.69 Å². The molecule has 8 heteroatoms. The Labute approximate surface area is 142 Å². The van der Waals surface area contributed by atoms with Gasteiger partial charge in [-0.25, -0.2) is 4.79 Å². The van der Waals surface area contributed by atoms with E-state index in [1.807, 2.05) is 11.4 Å². The highest BCUT2D eigenvalue weighted by Crippen LogP contribution is 2.29. The third-order valence-corrected chi connectivity index (χ3v) is 5.24. The predicted molar refractivity (Wildman–Crippen MR) is 91.8 cm³/mol. The van der Waals surface area contributed by atoms with Gasteiger partial charge in [-0.1, -0.05) is 11.6 Å². The minimum absolute atomic E-state index is 0.338. The van der Waals surface area contributed by atoms with Crippen molar-refractivity contribution in [2.75, 3.05) is 7.11 Å². The lowest BCUT2D eigenvalue weighted by molar-refractivity contribution is 0.411. The third kappa shape index (κ3) is 2.72. The molecule has 1 N–H and O–H groups in total. The Hall–Kier alpha value is -1.32. The van der Waals surface area contributed by atoms with E-state index in [0.29, 0.717) is 22.3 Å². The van der Waals surface area contributed by atoms with Crippen molar-refractivity contribution < 1.29 is 4.74 Å². The second-order valence-corrected chi connectivity index (χ2v) is 6.62. The first-order valence-electron chi connectivity index (χ1n) is 5.87. The van der Waals surface area contributed by atoms with Gasteiger partial charge in [-0.05, 0) is 52.2 Å². The van der Waals surface area contributed by atoms with E-state index in [0.717, 1.165) is 8.45 Å². The summed E-state index contributed by atoms with van der Waals surface area (Å²) < 4.78 is 7.56. The van der Waals surface area contributed by atoms with E-state index in [9.17, 15) is 4.79 Å². The maximum atomic E-state index is 12.2. The van der Waals surface area contributed by atoms with Crippen LogP contribution in [0.4, 0.5) is 0 Å². The van der Waals surface area contributed by atoms with E-state index in [4.69, 9.17) is 16.3 Å². The van der Waals surface area contributed by atoms with Crippen molar-refractivity contribution in [1.29, 1.82) is 0 Å². The molecule has 1 aromatic carbocycles. The molecule has 0 aliphatic rings. The van der Waals surface area contributed by atoms with Gasteiger partial charge in [-0.15, -0.1) is 16.4 Å². The maximum Gasteiger partial charge on any atom is 0.348 e. The zero-order valence-electron chi connectivity index (χ0n) is 10.8. The van der Waals surface area contributed by atoms with E-state index in [2.05, 4.69) is 32.7 Å². The number of thiophene rings is 1. The molecular formula is C13H9ClIN3O2S. The van der Waals surface area contributed by atoms with Gasteiger partial charge in [0.2, 0.25) is 0 Å². The smallest absolute Gasteiger partial charge is 0.348 e. The molecule has 0 fully saturated rings. The number of aromatic nitrogens is 3. The van der Waals surface area contributed by atoms with Crippen LogP contribution in [-0.2, 0) is 0 Å². The van der Waals surface area contributed by atoms with E-state index in [1.54, 1.807) is 18.2 Å². The van der Waals surface area contributed by atoms with Crippen molar-refractivity contribution in [3.8, 4) is 22.1 Å². The Bertz CT molecular complexity index is 855. The SMILES string of the molecule is COc1ccc(Cl)cc1-n1nc(-c2sccc2I)[nH]c1=O. The van der Waals surface area contributed by atoms with Crippen LogP contribution >= 0.6 is 45.5 Å². The van der Waals surface area contributed by atoms with Gasteiger partial charge in [0.1, 0.15) is 11.4 Å². The van der Waals surface area contributed by atoms with E-state index in [1.165, 1.54) is 23.1 Å². The molecule has 2 aromatic heterocycles. The summed E-state index contributed by atoms with van der Waals surface area (Å²) in [5.41, 5.74) is 0.166. The predicted octanol–water partition coefficient (Wildman–Crippen LogP) is 3.56. The Morgan fingerprint density at radius 2 is 2.24 bits per heavy atom. The first-order chi connectivity index (χ1) is 10.1. The molecule has 0 aliphatic heterocycles. The number of methoxy groups -OCH3 is 1. The zero-order valence-corrected chi connectivity index (χ0v) is 14.5. The second-order valence-electron chi connectivity index (χ2n) is 4.10. The van der Waals surface area contributed by atoms with Gasteiger partial charge in [-0.3, -0.25) is 4.98 Å². The molecule has 2 heterocycles. The van der Waals surface area contributed by atoms with Crippen molar-refractivity contribution in [3.63, 3.8) is 0 Å². The van der Waals surface area contributed by atoms with E-state index >= 15 is 0 Å². The lowest BCUT2D eigenvalue weighted by Crippen LogP contribution is -2.16. The van der Waals surface area contributed by atoms with Crippen LogP contribution in [0.15, 0.2) is 34.4 Å². The summed E-state index contributed by atoms with van der Waals surface area (Å²) in [6.45, 7) is 0. The molecule has 0 saturated heterocycles. The van der Waals surface area contributed by atoms with E-state index in [-0.39, 0.29) is 5.69 Å². The zero-order chi connectivity index (χ0) is 15.0. The number of aromatic amines is 1. The summed E-state index contributed by atoms with van der Waals surface area (Å²) in [7, 11) is 1.54. The first-order valence-corrected chi connectivity index (χ1v) is 8.20. The quantitative estimate of drug-likeness (QED) is 0.643. The maximum absolute atomic E-state index is 12.2. The van der Waals surface area contributed by atoms with Crippen LogP contribution in [0.1, 0.15) is 0 Å². The number of nitrogens with one attached hydrogen (secondary N) is 1. The number of benzene rings is 1. The summed E-state index contributed by atoms with van der Waals surface area (Å²) in [5.74, 6) is 1.06. The van der Waals surface area contributed by atoms with Crippen LogP contribution in [0.25, 0.3) is 16.4 Å². The summed E-state index contributed by atoms with van der Waals surface area (Å²) in [6, 6.07) is 7.02. The molecular weight excluding hydrogens is 425 g/mol. The fourth-order valence-corrected chi connectivity index (χ4v) is 3.83. The molecule has 0 saturated carbocycles. The van der Waals surface area contributed by atoms with Crippen molar-refractivity contribution in [2.24, 2.45) is 0 Å². The highest BCUT2D eigenvalue weighted by molar-refractivity contribution is 14.1. The molecule has 3 aromatic rings. The number of rotatable bonds is 3. The molecule has 0 bridgehead atoms. The summed E-state index contributed by atoms with van der Waals surface area (Å²) in [4.78, 5) is 15.9. The molecule has 0 spiro atoms. The molecule has 0 amide bonds. The molecule has 0 unspecified atom stereocenters. The van der Waals surface area contributed by atoms with Crippen molar-refractivity contribution in [2.45, 2.75) is 0 Å². The average molecular weight is 434 g/mol. The van der Waals surface area contributed by atoms with Crippen LogP contribution < -0.4 is 10.4 Å². The monoisotopic (exact) mass is 433 g/mol. The molecule has 0 radical (unpaired) electrons. The number of hydrogen-bond donors (Lipinski definition) is 1. The summed E-state index contributed by atoms with van der Waals surface area (Å²) in [6.07, 6.45) is 0. The topological polar surface area (TPSA) is 59.9 Å². The van der Waals surface area contributed by atoms with Crippen molar-refractivity contribution in [1.82, 2.24) is 14.8 Å². The Morgan fingerprint density at radius 3 is 2.90 bits per heavy atom. The van der Waals surface area contributed by atoms with Gasteiger partial charge in [0, 0.05) is 8.59 Å². The number of ether oxygens (including phenoxy) is 1. The minimum atomic E-state index is -0.338. The Morgan fingerprint density at radius 1 is 1.43 bits per heavy atom. The fourth-order valence-electron chi connectivity index (χ4n) is 1.88. The lowest BCUT2D eigenvalue weighted by Gasteiger charge is -2.07. The van der Waals surface area contributed by atoms with Crippen LogP contribution in [0.5, 0.6) is 5.75 Å². The average Bonchev–Trinajstić information content (AvgIpc) is 3.04. The fraction of sp³-hybridized carbons (Fsp3) is 0.0769. The van der Waals surface area contributed by atoms with Crippen molar-refractivity contribution >= 4 is 45.5 Å². The Kier molecular flexibility index (Phi) is 4.05. The van der Waals surface area contributed by atoms with E-state index < -0.39 is 0 Å². The van der Waals surface area contributed by atoms with Crippen LogP contribution in [0.2, 0.25) is 5.02 Å². The minimum Gasteiger partial charge on any atom is -0.494 e. The van der Waals surface area contributed by atoms with Crippen LogP contribution in [0.3, 0.4) is 0 Å². The molecule has 3 rings (SSSR count). The first kappa shape index (κ1) is 14.6. The third-order valence-electron chi connectivity index (χ3n) is 2.82. The van der Waals surface area contributed by atoms with Crippen LogP contribution in [0, 0.1) is 3.57 Å². The standard InChI is InChI=1S/C13H9ClIN3O2S/c1-20-10-3-2-7(14)6-9(10)18-13(19)16-12(17-18)11-8(15)4-5-21-11/h2-6H,1H3,(H,16,17,19). The van der Waals surface area contributed by atoms with Gasteiger partial charge < -0.3 is 4.74 Å². The van der Waals surface area contributed by atoms with Crippen molar-refractivity contribution in [3.05, 3.63) is 48.7 Å². The number of hydrogen-bond acceptors (Lipinski definition) is 4.